The predicted octanol–water partition coefficient (Wildman–Crippen LogP) is 3.99. The van der Waals surface area contributed by atoms with E-state index in [1.165, 1.54) is 11.8 Å². The number of rotatable bonds is 8. The summed E-state index contributed by atoms with van der Waals surface area (Å²) < 4.78 is 9.66. The molecule has 1 aromatic carbocycles. The molecule has 32 heavy (non-hydrogen) atoms. The first-order chi connectivity index (χ1) is 15.5. The molecule has 1 fully saturated rings. The van der Waals surface area contributed by atoms with Crippen molar-refractivity contribution in [3.63, 3.8) is 0 Å². The normalized spacial score (nSPS) is 14.0. The first-order valence-electron chi connectivity index (χ1n) is 10.8. The van der Waals surface area contributed by atoms with Crippen LogP contribution in [0, 0.1) is 20.8 Å². The molecule has 7 nitrogen and oxygen atoms in total. The number of Topliss-reactive ketones (excluding diaryl/α,β-unsaturated/α-hetero) is 1. The molecule has 168 valence electrons. The summed E-state index contributed by atoms with van der Waals surface area (Å²) in [6.45, 7) is 13.5. The molecule has 1 aliphatic rings. The Balaban J connectivity index is 1.61. The van der Waals surface area contributed by atoms with Crippen molar-refractivity contribution < 1.29 is 9.53 Å². The largest absolute Gasteiger partial charge is 0.378 e. The standard InChI is InChI=1S/C24H29N5O2S/c1-5-9-28-18(3)15-21(19(28)4)22(30)16-32-24-26-25-23(27-10-12-31-13-11-27)29(24)20-8-6-7-17(2)14-20/h5-8,14-15H,1,9-13,16H2,2-4H3. The van der Waals surface area contributed by atoms with E-state index >= 15 is 0 Å². The maximum absolute atomic E-state index is 13.1. The Labute approximate surface area is 193 Å². The number of carbonyl (C=O) groups excluding carboxylic acids is 1. The van der Waals surface area contributed by atoms with Crippen LogP contribution < -0.4 is 4.90 Å². The maximum Gasteiger partial charge on any atom is 0.232 e. The zero-order valence-electron chi connectivity index (χ0n) is 18.9. The lowest BCUT2D eigenvalue weighted by Gasteiger charge is -2.28. The van der Waals surface area contributed by atoms with Crippen LogP contribution in [0.5, 0.6) is 0 Å². The summed E-state index contributed by atoms with van der Waals surface area (Å²) in [6.07, 6.45) is 1.85. The van der Waals surface area contributed by atoms with Gasteiger partial charge in [-0.15, -0.1) is 16.8 Å². The summed E-state index contributed by atoms with van der Waals surface area (Å²) in [4.78, 5) is 15.3. The van der Waals surface area contributed by atoms with Crippen molar-refractivity contribution in [3.05, 3.63) is 65.5 Å². The van der Waals surface area contributed by atoms with Gasteiger partial charge < -0.3 is 14.2 Å². The van der Waals surface area contributed by atoms with E-state index in [4.69, 9.17) is 4.74 Å². The van der Waals surface area contributed by atoms with Crippen LogP contribution in [0.3, 0.4) is 0 Å². The molecule has 0 amide bonds. The smallest absolute Gasteiger partial charge is 0.232 e. The highest BCUT2D eigenvalue weighted by molar-refractivity contribution is 7.99. The topological polar surface area (TPSA) is 65.2 Å². The van der Waals surface area contributed by atoms with Crippen molar-refractivity contribution in [1.82, 2.24) is 19.3 Å². The highest BCUT2D eigenvalue weighted by atomic mass is 32.2. The number of allylic oxidation sites excluding steroid dienone is 1. The molecule has 0 spiro atoms. The molecule has 3 aromatic rings. The molecule has 0 bridgehead atoms. The van der Waals surface area contributed by atoms with Crippen LogP contribution in [0.15, 0.2) is 48.1 Å². The molecule has 0 radical (unpaired) electrons. The van der Waals surface area contributed by atoms with Gasteiger partial charge in [-0.05, 0) is 44.5 Å². The lowest BCUT2D eigenvalue weighted by Crippen LogP contribution is -2.37. The lowest BCUT2D eigenvalue weighted by atomic mass is 10.2. The van der Waals surface area contributed by atoms with Crippen molar-refractivity contribution in [1.29, 1.82) is 0 Å². The second-order valence-corrected chi connectivity index (χ2v) is 8.89. The Morgan fingerprint density at radius 1 is 1.19 bits per heavy atom. The van der Waals surface area contributed by atoms with Gasteiger partial charge in [0.05, 0.1) is 24.7 Å². The van der Waals surface area contributed by atoms with Crippen molar-refractivity contribution in [3.8, 4) is 5.69 Å². The lowest BCUT2D eigenvalue weighted by molar-refractivity contribution is 0.102. The van der Waals surface area contributed by atoms with Crippen LogP contribution in [-0.2, 0) is 11.3 Å². The van der Waals surface area contributed by atoms with Crippen LogP contribution in [0.1, 0.15) is 27.3 Å². The molecule has 1 saturated heterocycles. The highest BCUT2D eigenvalue weighted by Gasteiger charge is 2.23. The molecular formula is C24H29N5O2S. The van der Waals surface area contributed by atoms with E-state index in [1.807, 2.05) is 32.1 Å². The number of aryl methyl sites for hydroxylation is 2. The minimum Gasteiger partial charge on any atom is -0.378 e. The molecular weight excluding hydrogens is 422 g/mol. The number of anilines is 1. The van der Waals surface area contributed by atoms with Crippen molar-refractivity contribution in [2.24, 2.45) is 0 Å². The number of ether oxygens (including phenoxy) is 1. The Hall–Kier alpha value is -2.84. The molecule has 3 heterocycles. The van der Waals surface area contributed by atoms with Crippen LogP contribution >= 0.6 is 11.8 Å². The maximum atomic E-state index is 13.1. The average Bonchev–Trinajstić information content (AvgIpc) is 3.35. The number of thioether (sulfide) groups is 1. The molecule has 2 aromatic heterocycles. The number of benzene rings is 1. The van der Waals surface area contributed by atoms with Crippen LogP contribution in [0.4, 0.5) is 5.95 Å². The fourth-order valence-electron chi connectivity index (χ4n) is 4.02. The Morgan fingerprint density at radius 3 is 2.69 bits per heavy atom. The summed E-state index contributed by atoms with van der Waals surface area (Å²) in [7, 11) is 0. The number of aromatic nitrogens is 4. The summed E-state index contributed by atoms with van der Waals surface area (Å²) in [5, 5.41) is 9.67. The van der Waals surface area contributed by atoms with E-state index in [0.717, 1.165) is 47.2 Å². The first kappa shape index (κ1) is 22.4. The van der Waals surface area contributed by atoms with Gasteiger partial charge >= 0.3 is 0 Å². The zero-order chi connectivity index (χ0) is 22.7. The number of ketones is 1. The van der Waals surface area contributed by atoms with Gasteiger partial charge in [0.2, 0.25) is 5.95 Å². The van der Waals surface area contributed by atoms with Gasteiger partial charge in [-0.3, -0.25) is 9.36 Å². The fourth-order valence-corrected chi connectivity index (χ4v) is 4.85. The summed E-state index contributed by atoms with van der Waals surface area (Å²) in [5.41, 5.74) is 4.95. The van der Waals surface area contributed by atoms with E-state index in [-0.39, 0.29) is 5.78 Å². The molecule has 0 atom stereocenters. The third kappa shape index (κ3) is 4.52. The molecule has 8 heteroatoms. The summed E-state index contributed by atoms with van der Waals surface area (Å²) in [5.74, 6) is 1.17. The number of carbonyl (C=O) groups is 1. The highest BCUT2D eigenvalue weighted by Crippen LogP contribution is 2.28. The minimum absolute atomic E-state index is 0.0881. The van der Waals surface area contributed by atoms with Crippen molar-refractivity contribution >= 4 is 23.5 Å². The third-order valence-corrected chi connectivity index (χ3v) is 6.62. The van der Waals surface area contributed by atoms with Crippen molar-refractivity contribution in [2.45, 2.75) is 32.5 Å². The molecule has 0 aliphatic carbocycles. The van der Waals surface area contributed by atoms with E-state index in [1.54, 1.807) is 0 Å². The van der Waals surface area contributed by atoms with Crippen LogP contribution in [0.25, 0.3) is 5.69 Å². The molecule has 0 unspecified atom stereocenters. The average molecular weight is 452 g/mol. The molecule has 0 saturated carbocycles. The minimum atomic E-state index is 0.0881. The van der Waals surface area contributed by atoms with Gasteiger partial charge in [0, 0.05) is 36.6 Å². The van der Waals surface area contributed by atoms with E-state index in [9.17, 15) is 4.79 Å². The fraction of sp³-hybridized carbons (Fsp3) is 0.375. The van der Waals surface area contributed by atoms with Crippen molar-refractivity contribution in [2.75, 3.05) is 37.0 Å². The summed E-state index contributed by atoms with van der Waals surface area (Å²) in [6, 6.07) is 10.2. The van der Waals surface area contributed by atoms with E-state index in [0.29, 0.717) is 30.7 Å². The predicted molar refractivity (Wildman–Crippen MR) is 128 cm³/mol. The van der Waals surface area contributed by atoms with Gasteiger partial charge in [0.15, 0.2) is 10.9 Å². The molecule has 4 rings (SSSR count). The van der Waals surface area contributed by atoms with Crippen LogP contribution in [0.2, 0.25) is 0 Å². The second-order valence-electron chi connectivity index (χ2n) is 7.95. The van der Waals surface area contributed by atoms with Gasteiger partial charge in [0.1, 0.15) is 0 Å². The third-order valence-electron chi connectivity index (χ3n) is 5.69. The van der Waals surface area contributed by atoms with Crippen LogP contribution in [-0.4, -0.2) is 57.2 Å². The monoisotopic (exact) mass is 451 g/mol. The van der Waals surface area contributed by atoms with Gasteiger partial charge in [-0.1, -0.05) is 30.0 Å². The van der Waals surface area contributed by atoms with Gasteiger partial charge in [-0.2, -0.15) is 0 Å². The first-order valence-corrected chi connectivity index (χ1v) is 11.8. The number of nitrogens with zero attached hydrogens (tertiary/aromatic N) is 5. The number of hydrogen-bond acceptors (Lipinski definition) is 6. The Morgan fingerprint density at radius 2 is 1.97 bits per heavy atom. The van der Waals surface area contributed by atoms with Gasteiger partial charge in [0.25, 0.3) is 0 Å². The zero-order valence-corrected chi connectivity index (χ0v) is 19.7. The Kier molecular flexibility index (Phi) is 6.81. The summed E-state index contributed by atoms with van der Waals surface area (Å²) >= 11 is 1.43. The molecule has 0 N–H and O–H groups in total. The second kappa shape index (κ2) is 9.75. The van der Waals surface area contributed by atoms with Gasteiger partial charge in [-0.25, -0.2) is 0 Å². The number of hydrogen-bond donors (Lipinski definition) is 0. The van der Waals surface area contributed by atoms with E-state index in [2.05, 4.69) is 55.9 Å². The Bertz CT molecular complexity index is 1130. The number of morpholine rings is 1. The molecule has 1 aliphatic heterocycles. The van der Waals surface area contributed by atoms with E-state index < -0.39 is 0 Å². The SMILES string of the molecule is C=CCn1c(C)cc(C(=O)CSc2nnc(N3CCOCC3)n2-c2cccc(C)c2)c1C. The quantitative estimate of drug-likeness (QED) is 0.293.